The molecule has 1 rings (SSSR count). The van der Waals surface area contributed by atoms with Crippen LogP contribution in [0.5, 0.6) is 0 Å². The predicted octanol–water partition coefficient (Wildman–Crippen LogP) is -1.16. The second-order valence-corrected chi connectivity index (χ2v) is 2.86. The molecule has 2 atom stereocenters. The molecule has 0 aromatic carbocycles. The van der Waals surface area contributed by atoms with Gasteiger partial charge in [0.1, 0.15) is 0 Å². The van der Waals surface area contributed by atoms with E-state index in [0.29, 0.717) is 0 Å². The number of aliphatic hydroxyl groups is 1. The van der Waals surface area contributed by atoms with E-state index in [1.807, 2.05) is 0 Å². The van der Waals surface area contributed by atoms with Gasteiger partial charge in [-0.25, -0.2) is 4.79 Å². The summed E-state index contributed by atoms with van der Waals surface area (Å²) in [5, 5.41) is 9.39. The molecule has 0 bridgehead atoms. The Morgan fingerprint density at radius 3 is 2.38 bits per heavy atom. The van der Waals surface area contributed by atoms with Gasteiger partial charge in [-0.05, 0) is 0 Å². The normalized spacial score (nSPS) is 29.8. The zero-order valence-corrected chi connectivity index (χ0v) is 7.72. The van der Waals surface area contributed by atoms with E-state index in [-0.39, 0.29) is 0 Å². The van der Waals surface area contributed by atoms with Crippen LogP contribution in [0.15, 0.2) is 0 Å². The Labute approximate surface area is 75.7 Å². The molecule has 0 unspecified atom stereocenters. The first-order valence-electron chi connectivity index (χ1n) is 3.76. The van der Waals surface area contributed by atoms with Crippen LogP contribution in [-0.2, 0) is 9.53 Å². The maximum Gasteiger partial charge on any atom is 0.328 e. The van der Waals surface area contributed by atoms with Crippen molar-refractivity contribution in [3.8, 4) is 0 Å². The minimum atomic E-state index is -1.31. The van der Waals surface area contributed by atoms with Crippen LogP contribution in [0, 0.1) is 0 Å². The zero-order chi connectivity index (χ0) is 10.2. The summed E-state index contributed by atoms with van der Waals surface area (Å²) in [6, 6.07) is -0.484. The van der Waals surface area contributed by atoms with E-state index in [9.17, 15) is 14.7 Å². The quantitative estimate of drug-likeness (QED) is 0.563. The molecule has 1 aliphatic heterocycles. The Hall–Kier alpha value is -1.14. The summed E-state index contributed by atoms with van der Waals surface area (Å²) in [6.07, 6.45) is -2.20. The van der Waals surface area contributed by atoms with Crippen LogP contribution in [0.3, 0.4) is 0 Å². The molecule has 1 N–H and O–H groups in total. The average Bonchev–Trinajstić information content (AvgIpc) is 2.13. The Bertz CT molecular complexity index is 221. The molecular weight excluding hydrogens is 176 g/mol. The summed E-state index contributed by atoms with van der Waals surface area (Å²) >= 11 is 0. The van der Waals surface area contributed by atoms with Crippen molar-refractivity contribution >= 4 is 11.9 Å². The fourth-order valence-electron chi connectivity index (χ4n) is 1.26. The number of amides is 3. The molecule has 1 fully saturated rings. The molecule has 3 amide bonds. The maximum atomic E-state index is 11.3. The fraction of sp³-hybridized carbons (Fsp3) is 0.714. The molecular formula is C7H12N2O4. The molecule has 0 radical (unpaired) electrons. The van der Waals surface area contributed by atoms with Gasteiger partial charge in [0, 0.05) is 21.2 Å². The lowest BCUT2D eigenvalue weighted by molar-refractivity contribution is -0.160. The Balaban J connectivity index is 2.92. The molecule has 0 aromatic heterocycles. The molecule has 74 valence electrons. The first-order valence-corrected chi connectivity index (χ1v) is 3.76. The third-order valence-corrected chi connectivity index (χ3v) is 2.07. The Morgan fingerprint density at radius 1 is 1.38 bits per heavy atom. The number of carbonyl (C=O) groups is 2. The molecule has 1 aliphatic rings. The number of carbonyl (C=O) groups excluding carboxylic acids is 2. The number of methoxy groups -OCH3 is 1. The summed E-state index contributed by atoms with van der Waals surface area (Å²) in [6.45, 7) is 0. The van der Waals surface area contributed by atoms with Crippen LogP contribution in [0.1, 0.15) is 0 Å². The van der Waals surface area contributed by atoms with Gasteiger partial charge in [0.05, 0.1) is 0 Å². The van der Waals surface area contributed by atoms with Crippen LogP contribution in [0.25, 0.3) is 0 Å². The summed E-state index contributed by atoms with van der Waals surface area (Å²) in [4.78, 5) is 24.5. The fourth-order valence-corrected chi connectivity index (χ4v) is 1.26. The van der Waals surface area contributed by atoms with Crippen LogP contribution >= 0.6 is 0 Å². The zero-order valence-electron chi connectivity index (χ0n) is 7.72. The van der Waals surface area contributed by atoms with Gasteiger partial charge in [-0.1, -0.05) is 0 Å². The number of rotatable bonds is 1. The molecule has 0 aromatic rings. The van der Waals surface area contributed by atoms with Crippen LogP contribution in [0.2, 0.25) is 0 Å². The number of hydrogen-bond acceptors (Lipinski definition) is 4. The third kappa shape index (κ3) is 1.38. The smallest absolute Gasteiger partial charge is 0.328 e. The van der Waals surface area contributed by atoms with E-state index in [2.05, 4.69) is 0 Å². The standard InChI is InChI=1S/C7H12N2O4/c1-8-5(11)4(10)6(13-3)9(2)7(8)12/h4,6,10H,1-3H3/t4-,6+/m0/s1. The summed E-state index contributed by atoms with van der Waals surface area (Å²) < 4.78 is 4.81. The van der Waals surface area contributed by atoms with Gasteiger partial charge in [-0.15, -0.1) is 0 Å². The number of imide groups is 1. The number of hydrogen-bond donors (Lipinski definition) is 1. The highest BCUT2D eigenvalue weighted by Crippen LogP contribution is 2.14. The minimum Gasteiger partial charge on any atom is -0.379 e. The number of aliphatic hydroxyl groups excluding tert-OH is 1. The molecule has 1 heterocycles. The maximum absolute atomic E-state index is 11.3. The van der Waals surface area contributed by atoms with Gasteiger partial charge in [-0.2, -0.15) is 0 Å². The van der Waals surface area contributed by atoms with E-state index < -0.39 is 24.3 Å². The summed E-state index contributed by atoms with van der Waals surface area (Å²) in [5.74, 6) is -0.644. The van der Waals surface area contributed by atoms with Gasteiger partial charge in [-0.3, -0.25) is 14.6 Å². The van der Waals surface area contributed by atoms with Gasteiger partial charge in [0.2, 0.25) is 0 Å². The number of ether oxygens (including phenoxy) is 1. The van der Waals surface area contributed by atoms with Gasteiger partial charge in [0.15, 0.2) is 12.3 Å². The first-order chi connectivity index (χ1) is 6.00. The van der Waals surface area contributed by atoms with Crippen molar-refractivity contribution in [3.63, 3.8) is 0 Å². The lowest BCUT2D eigenvalue weighted by Crippen LogP contribution is -2.62. The van der Waals surface area contributed by atoms with Gasteiger partial charge >= 0.3 is 6.03 Å². The highest BCUT2D eigenvalue weighted by Gasteiger charge is 2.42. The first kappa shape index (κ1) is 9.94. The molecule has 0 aliphatic carbocycles. The lowest BCUT2D eigenvalue weighted by atomic mass is 10.2. The number of urea groups is 1. The van der Waals surface area contributed by atoms with Crippen molar-refractivity contribution in [1.29, 1.82) is 0 Å². The average molecular weight is 188 g/mol. The van der Waals surface area contributed by atoms with Crippen molar-refractivity contribution in [3.05, 3.63) is 0 Å². The van der Waals surface area contributed by atoms with E-state index in [1.165, 1.54) is 26.1 Å². The van der Waals surface area contributed by atoms with Gasteiger partial charge in [0.25, 0.3) is 5.91 Å². The molecule has 0 saturated carbocycles. The second-order valence-electron chi connectivity index (χ2n) is 2.86. The van der Waals surface area contributed by atoms with Crippen molar-refractivity contribution in [1.82, 2.24) is 9.80 Å². The third-order valence-electron chi connectivity index (χ3n) is 2.07. The number of likely N-dealkylation sites (N-methyl/N-ethyl adjacent to an activating group) is 2. The van der Waals surface area contributed by atoms with Crippen molar-refractivity contribution in [2.45, 2.75) is 12.3 Å². The molecule has 13 heavy (non-hydrogen) atoms. The Kier molecular flexibility index (Phi) is 2.53. The van der Waals surface area contributed by atoms with Crippen molar-refractivity contribution in [2.24, 2.45) is 0 Å². The minimum absolute atomic E-state index is 0.484. The molecule has 0 spiro atoms. The topological polar surface area (TPSA) is 70.1 Å². The Morgan fingerprint density at radius 2 is 1.92 bits per heavy atom. The van der Waals surface area contributed by atoms with Gasteiger partial charge < -0.3 is 9.84 Å². The van der Waals surface area contributed by atoms with Crippen molar-refractivity contribution < 1.29 is 19.4 Å². The van der Waals surface area contributed by atoms with E-state index in [1.54, 1.807) is 0 Å². The summed E-state index contributed by atoms with van der Waals surface area (Å²) in [7, 11) is 4.11. The number of nitrogens with zero attached hydrogens (tertiary/aromatic N) is 2. The monoisotopic (exact) mass is 188 g/mol. The lowest BCUT2D eigenvalue weighted by Gasteiger charge is -2.38. The molecule has 1 saturated heterocycles. The molecule has 6 nitrogen and oxygen atoms in total. The highest BCUT2D eigenvalue weighted by atomic mass is 16.5. The van der Waals surface area contributed by atoms with Crippen LogP contribution in [-0.4, -0.2) is 60.4 Å². The van der Waals surface area contributed by atoms with E-state index in [0.717, 1.165) is 4.90 Å². The van der Waals surface area contributed by atoms with Crippen LogP contribution < -0.4 is 0 Å². The van der Waals surface area contributed by atoms with E-state index >= 15 is 0 Å². The predicted molar refractivity (Wildman–Crippen MR) is 42.7 cm³/mol. The highest BCUT2D eigenvalue weighted by molar-refractivity contribution is 5.99. The van der Waals surface area contributed by atoms with Crippen molar-refractivity contribution in [2.75, 3.05) is 21.2 Å². The van der Waals surface area contributed by atoms with Crippen LogP contribution in [0.4, 0.5) is 4.79 Å². The molecule has 6 heteroatoms. The largest absolute Gasteiger partial charge is 0.379 e. The SMILES string of the molecule is CO[C@@H]1[C@@H](O)C(=O)N(C)C(=O)N1C. The summed E-state index contributed by atoms with van der Waals surface area (Å²) in [5.41, 5.74) is 0. The van der Waals surface area contributed by atoms with E-state index in [4.69, 9.17) is 4.74 Å². The second kappa shape index (κ2) is 3.31.